The Bertz CT molecular complexity index is 733. The van der Waals surface area contributed by atoms with Crippen LogP contribution in [0.2, 0.25) is 0 Å². The molecular weight excluding hydrogens is 350 g/mol. The van der Waals surface area contributed by atoms with Crippen molar-refractivity contribution in [2.75, 3.05) is 19.7 Å². The van der Waals surface area contributed by atoms with Crippen LogP contribution in [0.3, 0.4) is 0 Å². The van der Waals surface area contributed by atoms with Gasteiger partial charge in [-0.2, -0.15) is 0 Å². The number of ketones is 1. The van der Waals surface area contributed by atoms with E-state index in [2.05, 4.69) is 24.3 Å². The lowest BCUT2D eigenvalue weighted by Gasteiger charge is -2.34. The van der Waals surface area contributed by atoms with E-state index >= 15 is 0 Å². The summed E-state index contributed by atoms with van der Waals surface area (Å²) in [6.45, 7) is 5.34. The summed E-state index contributed by atoms with van der Waals surface area (Å²) < 4.78 is 5.99. The predicted octanol–water partition coefficient (Wildman–Crippen LogP) is 4.05. The van der Waals surface area contributed by atoms with E-state index in [0.29, 0.717) is 26.1 Å². The van der Waals surface area contributed by atoms with Gasteiger partial charge in [0.1, 0.15) is 0 Å². The molecule has 1 heterocycles. The standard InChI is InChI=1S/C24H29NO3/c1-18(2)15-23(26)24(27)25-13-14-28-21(17-25)16-22(19-9-5-3-6-10-19)20-11-7-4-8-12-20/h3-12,18,21-22H,13-17H2,1-2H3. The maximum Gasteiger partial charge on any atom is 0.290 e. The number of carbonyl (C=O) groups is 2. The molecule has 148 valence electrons. The van der Waals surface area contributed by atoms with Gasteiger partial charge in [0, 0.05) is 25.4 Å². The summed E-state index contributed by atoms with van der Waals surface area (Å²) in [7, 11) is 0. The van der Waals surface area contributed by atoms with Crippen molar-refractivity contribution >= 4 is 11.7 Å². The van der Waals surface area contributed by atoms with Gasteiger partial charge in [-0.15, -0.1) is 0 Å². The van der Waals surface area contributed by atoms with Gasteiger partial charge in [-0.3, -0.25) is 9.59 Å². The zero-order valence-corrected chi connectivity index (χ0v) is 16.7. The van der Waals surface area contributed by atoms with Crippen LogP contribution >= 0.6 is 0 Å². The molecule has 0 radical (unpaired) electrons. The lowest BCUT2D eigenvalue weighted by atomic mass is 9.86. The third-order valence-electron chi connectivity index (χ3n) is 5.16. The number of benzene rings is 2. The highest BCUT2D eigenvalue weighted by Gasteiger charge is 2.30. The van der Waals surface area contributed by atoms with Crippen LogP contribution in [0.5, 0.6) is 0 Å². The van der Waals surface area contributed by atoms with Gasteiger partial charge in [0.15, 0.2) is 0 Å². The zero-order chi connectivity index (χ0) is 19.9. The van der Waals surface area contributed by atoms with Gasteiger partial charge >= 0.3 is 0 Å². The van der Waals surface area contributed by atoms with Crippen LogP contribution in [0.25, 0.3) is 0 Å². The number of hydrogen-bond acceptors (Lipinski definition) is 3. The minimum atomic E-state index is -0.363. The third kappa shape index (κ3) is 5.29. The first-order valence-corrected chi connectivity index (χ1v) is 10.1. The minimum absolute atomic E-state index is 0.0880. The Hall–Kier alpha value is -2.46. The summed E-state index contributed by atoms with van der Waals surface area (Å²) in [5.41, 5.74) is 2.47. The molecule has 0 spiro atoms. The van der Waals surface area contributed by atoms with E-state index in [4.69, 9.17) is 4.74 Å². The summed E-state index contributed by atoms with van der Waals surface area (Å²) in [5, 5.41) is 0. The first-order chi connectivity index (χ1) is 13.5. The van der Waals surface area contributed by atoms with Crippen LogP contribution in [0.15, 0.2) is 60.7 Å². The summed E-state index contributed by atoms with van der Waals surface area (Å²) in [5.74, 6) is -0.279. The first kappa shape index (κ1) is 20.3. The molecule has 0 N–H and O–H groups in total. The molecule has 4 nitrogen and oxygen atoms in total. The van der Waals surface area contributed by atoms with E-state index in [-0.39, 0.29) is 29.6 Å². The molecule has 0 aromatic heterocycles. The Morgan fingerprint density at radius 2 is 1.57 bits per heavy atom. The fourth-order valence-electron chi connectivity index (χ4n) is 3.78. The van der Waals surface area contributed by atoms with Gasteiger partial charge in [-0.25, -0.2) is 0 Å². The largest absolute Gasteiger partial charge is 0.375 e. The van der Waals surface area contributed by atoms with Crippen LogP contribution < -0.4 is 0 Å². The number of ether oxygens (including phenoxy) is 1. The van der Waals surface area contributed by atoms with Crippen LogP contribution in [-0.2, 0) is 14.3 Å². The van der Waals surface area contributed by atoms with Crippen molar-refractivity contribution in [2.24, 2.45) is 5.92 Å². The average Bonchev–Trinajstić information content (AvgIpc) is 2.72. The molecule has 3 rings (SSSR count). The van der Waals surface area contributed by atoms with E-state index in [0.717, 1.165) is 6.42 Å². The van der Waals surface area contributed by atoms with Gasteiger partial charge in [-0.1, -0.05) is 74.5 Å². The summed E-state index contributed by atoms with van der Waals surface area (Å²) >= 11 is 0. The van der Waals surface area contributed by atoms with Crippen molar-refractivity contribution < 1.29 is 14.3 Å². The molecule has 1 aliphatic heterocycles. The Morgan fingerprint density at radius 1 is 1.00 bits per heavy atom. The van der Waals surface area contributed by atoms with Crippen LogP contribution in [0.4, 0.5) is 0 Å². The van der Waals surface area contributed by atoms with Crippen LogP contribution in [0.1, 0.15) is 43.7 Å². The summed E-state index contributed by atoms with van der Waals surface area (Å²) in [6, 6.07) is 20.8. The number of carbonyl (C=O) groups excluding carboxylic acids is 2. The molecule has 1 saturated heterocycles. The summed E-state index contributed by atoms with van der Waals surface area (Å²) in [4.78, 5) is 26.4. The molecule has 4 heteroatoms. The highest BCUT2D eigenvalue weighted by Crippen LogP contribution is 2.31. The first-order valence-electron chi connectivity index (χ1n) is 10.1. The Morgan fingerprint density at radius 3 is 2.11 bits per heavy atom. The van der Waals surface area contributed by atoms with Gasteiger partial charge < -0.3 is 9.64 Å². The van der Waals surface area contributed by atoms with E-state index in [9.17, 15) is 9.59 Å². The van der Waals surface area contributed by atoms with E-state index in [1.165, 1.54) is 11.1 Å². The number of amides is 1. The lowest BCUT2D eigenvalue weighted by molar-refractivity contribution is -0.150. The lowest BCUT2D eigenvalue weighted by Crippen LogP contribution is -2.48. The molecule has 28 heavy (non-hydrogen) atoms. The molecule has 1 amide bonds. The van der Waals surface area contributed by atoms with E-state index in [1.807, 2.05) is 50.2 Å². The molecule has 1 aliphatic rings. The number of morpholine rings is 1. The molecule has 0 bridgehead atoms. The maximum atomic E-state index is 12.5. The van der Waals surface area contributed by atoms with Crippen molar-refractivity contribution in [1.82, 2.24) is 4.90 Å². The summed E-state index contributed by atoms with van der Waals surface area (Å²) in [6.07, 6.45) is 0.989. The van der Waals surface area contributed by atoms with E-state index in [1.54, 1.807) is 4.90 Å². The SMILES string of the molecule is CC(C)CC(=O)C(=O)N1CCOC(CC(c2ccccc2)c2ccccc2)C1. The highest BCUT2D eigenvalue weighted by molar-refractivity contribution is 6.36. The van der Waals surface area contributed by atoms with Crippen molar-refractivity contribution in [3.8, 4) is 0 Å². The van der Waals surface area contributed by atoms with Gasteiger partial charge in [0.25, 0.3) is 5.91 Å². The molecule has 0 aliphatic carbocycles. The highest BCUT2D eigenvalue weighted by atomic mass is 16.5. The van der Waals surface area contributed by atoms with Crippen molar-refractivity contribution in [1.29, 1.82) is 0 Å². The number of Topliss-reactive ketones (excluding diaryl/α,β-unsaturated/α-hetero) is 1. The molecule has 0 saturated carbocycles. The Labute approximate surface area is 167 Å². The quantitative estimate of drug-likeness (QED) is 0.682. The molecule has 2 aromatic rings. The average molecular weight is 380 g/mol. The second kappa shape index (κ2) is 9.65. The fourth-order valence-corrected chi connectivity index (χ4v) is 3.78. The molecular formula is C24H29NO3. The number of hydrogen-bond donors (Lipinski definition) is 0. The molecule has 1 unspecified atom stereocenters. The van der Waals surface area contributed by atoms with E-state index < -0.39 is 0 Å². The number of nitrogens with zero attached hydrogens (tertiary/aromatic N) is 1. The van der Waals surface area contributed by atoms with Gasteiger partial charge in [0.05, 0.1) is 12.7 Å². The third-order valence-corrected chi connectivity index (χ3v) is 5.16. The monoisotopic (exact) mass is 379 g/mol. The van der Waals surface area contributed by atoms with Crippen molar-refractivity contribution in [3.63, 3.8) is 0 Å². The second-order valence-corrected chi connectivity index (χ2v) is 7.87. The molecule has 2 aromatic carbocycles. The number of rotatable bonds is 7. The van der Waals surface area contributed by atoms with Crippen molar-refractivity contribution in [2.45, 2.75) is 38.7 Å². The maximum absolute atomic E-state index is 12.5. The Kier molecular flexibility index (Phi) is 6.99. The molecule has 1 atom stereocenters. The van der Waals surface area contributed by atoms with Crippen LogP contribution in [-0.4, -0.2) is 42.4 Å². The zero-order valence-electron chi connectivity index (χ0n) is 16.7. The van der Waals surface area contributed by atoms with Crippen molar-refractivity contribution in [3.05, 3.63) is 71.8 Å². The second-order valence-electron chi connectivity index (χ2n) is 7.87. The smallest absolute Gasteiger partial charge is 0.290 e. The van der Waals surface area contributed by atoms with Crippen LogP contribution in [0, 0.1) is 5.92 Å². The van der Waals surface area contributed by atoms with Gasteiger partial charge in [-0.05, 0) is 23.5 Å². The normalized spacial score (nSPS) is 17.1. The minimum Gasteiger partial charge on any atom is -0.375 e. The Balaban J connectivity index is 1.72. The fraction of sp³-hybridized carbons (Fsp3) is 0.417. The molecule has 1 fully saturated rings. The van der Waals surface area contributed by atoms with Gasteiger partial charge in [0.2, 0.25) is 5.78 Å². The topological polar surface area (TPSA) is 46.6 Å². The predicted molar refractivity (Wildman–Crippen MR) is 110 cm³/mol.